The maximum Gasteiger partial charge on any atom is 0.164 e. The molecule has 40 heavy (non-hydrogen) atoms. The molecule has 0 amide bonds. The van der Waals surface area contributed by atoms with Crippen molar-refractivity contribution in [3.63, 3.8) is 0 Å². The molecule has 0 radical (unpaired) electrons. The van der Waals surface area contributed by atoms with Gasteiger partial charge in [0.05, 0.1) is 5.69 Å². The first kappa shape index (κ1) is 22.5. The van der Waals surface area contributed by atoms with Gasteiger partial charge in [-0.1, -0.05) is 103 Å². The SMILES string of the molecule is c1ccc(-c2nc(-c3cccc(-c4ccccn4)c3)nc(-c3ccc4ccc5cccc6ccc3c4c56)n2)cc1. The van der Waals surface area contributed by atoms with Crippen LogP contribution in [0.5, 0.6) is 0 Å². The van der Waals surface area contributed by atoms with Crippen molar-refractivity contribution in [2.75, 3.05) is 0 Å². The van der Waals surface area contributed by atoms with E-state index in [0.717, 1.165) is 33.3 Å². The Bertz CT molecular complexity index is 2140. The van der Waals surface area contributed by atoms with E-state index in [2.05, 4.69) is 71.7 Å². The normalized spacial score (nSPS) is 11.5. The number of benzene rings is 6. The Balaban J connectivity index is 1.38. The number of rotatable bonds is 4. The summed E-state index contributed by atoms with van der Waals surface area (Å²) in [6, 6.07) is 43.9. The molecule has 6 aromatic carbocycles. The van der Waals surface area contributed by atoms with E-state index in [1.165, 1.54) is 26.9 Å². The summed E-state index contributed by atoms with van der Waals surface area (Å²) in [6.45, 7) is 0. The number of aromatic nitrogens is 4. The zero-order chi connectivity index (χ0) is 26.5. The van der Waals surface area contributed by atoms with Crippen molar-refractivity contribution >= 4 is 32.3 Å². The van der Waals surface area contributed by atoms with Gasteiger partial charge in [0.25, 0.3) is 0 Å². The first-order valence-electron chi connectivity index (χ1n) is 13.3. The Morgan fingerprint density at radius 3 is 1.82 bits per heavy atom. The molecule has 186 valence electrons. The molecule has 4 heteroatoms. The minimum Gasteiger partial charge on any atom is -0.256 e. The van der Waals surface area contributed by atoms with Gasteiger partial charge in [-0.3, -0.25) is 4.98 Å². The maximum atomic E-state index is 5.07. The summed E-state index contributed by atoms with van der Waals surface area (Å²) in [7, 11) is 0. The highest BCUT2D eigenvalue weighted by atomic mass is 15.0. The van der Waals surface area contributed by atoms with E-state index in [1.54, 1.807) is 0 Å². The van der Waals surface area contributed by atoms with Crippen molar-refractivity contribution in [1.29, 1.82) is 0 Å². The van der Waals surface area contributed by atoms with Crippen LogP contribution in [0.15, 0.2) is 134 Å². The third-order valence-electron chi connectivity index (χ3n) is 7.52. The van der Waals surface area contributed by atoms with Gasteiger partial charge in [-0.25, -0.2) is 15.0 Å². The molecule has 0 fully saturated rings. The smallest absolute Gasteiger partial charge is 0.164 e. The van der Waals surface area contributed by atoms with Gasteiger partial charge in [0, 0.05) is 28.5 Å². The summed E-state index contributed by atoms with van der Waals surface area (Å²) in [4.78, 5) is 19.6. The zero-order valence-corrected chi connectivity index (χ0v) is 21.5. The minimum atomic E-state index is 0.632. The second-order valence-corrected chi connectivity index (χ2v) is 9.94. The molecule has 0 aliphatic carbocycles. The lowest BCUT2D eigenvalue weighted by Crippen LogP contribution is -2.01. The minimum absolute atomic E-state index is 0.632. The Morgan fingerprint density at radius 1 is 0.400 bits per heavy atom. The van der Waals surface area contributed by atoms with E-state index >= 15 is 0 Å². The quantitative estimate of drug-likeness (QED) is 0.222. The highest BCUT2D eigenvalue weighted by Crippen LogP contribution is 2.39. The van der Waals surface area contributed by atoms with Crippen molar-refractivity contribution in [2.24, 2.45) is 0 Å². The average molecular weight is 511 g/mol. The maximum absolute atomic E-state index is 5.07. The number of hydrogen-bond donors (Lipinski definition) is 0. The standard InChI is InChI=1S/C36H22N4/c1-2-8-26(9-3-1)34-38-35(28-13-7-12-27(22-28)31-14-4-5-21-37-31)40-36(39-34)30-20-18-25-16-15-23-10-6-11-24-17-19-29(30)33(25)32(23)24/h1-22H. The first-order chi connectivity index (χ1) is 19.8. The molecular weight excluding hydrogens is 488 g/mol. The van der Waals surface area contributed by atoms with Crippen molar-refractivity contribution in [3.05, 3.63) is 134 Å². The summed E-state index contributed by atoms with van der Waals surface area (Å²) >= 11 is 0. The molecule has 0 saturated carbocycles. The van der Waals surface area contributed by atoms with Crippen LogP contribution in [0.1, 0.15) is 0 Å². The van der Waals surface area contributed by atoms with E-state index in [0.29, 0.717) is 17.5 Å². The van der Waals surface area contributed by atoms with Crippen LogP contribution in [-0.2, 0) is 0 Å². The average Bonchev–Trinajstić information content (AvgIpc) is 3.04. The van der Waals surface area contributed by atoms with Gasteiger partial charge >= 0.3 is 0 Å². The van der Waals surface area contributed by atoms with Gasteiger partial charge < -0.3 is 0 Å². The van der Waals surface area contributed by atoms with Gasteiger partial charge in [0.1, 0.15) is 0 Å². The van der Waals surface area contributed by atoms with Gasteiger partial charge in [0.15, 0.2) is 17.5 Å². The largest absolute Gasteiger partial charge is 0.256 e. The molecule has 0 N–H and O–H groups in total. The van der Waals surface area contributed by atoms with Gasteiger partial charge in [-0.15, -0.1) is 0 Å². The van der Waals surface area contributed by atoms with E-state index in [1.807, 2.05) is 66.9 Å². The summed E-state index contributed by atoms with van der Waals surface area (Å²) in [6.07, 6.45) is 1.81. The monoisotopic (exact) mass is 510 g/mol. The van der Waals surface area contributed by atoms with Crippen LogP contribution in [0.4, 0.5) is 0 Å². The summed E-state index contributed by atoms with van der Waals surface area (Å²) < 4.78 is 0. The molecule has 0 saturated heterocycles. The topological polar surface area (TPSA) is 51.6 Å². The lowest BCUT2D eigenvalue weighted by Gasteiger charge is -2.14. The molecule has 4 nitrogen and oxygen atoms in total. The van der Waals surface area contributed by atoms with Crippen LogP contribution >= 0.6 is 0 Å². The van der Waals surface area contributed by atoms with Crippen molar-refractivity contribution < 1.29 is 0 Å². The highest BCUT2D eigenvalue weighted by Gasteiger charge is 2.17. The lowest BCUT2D eigenvalue weighted by molar-refractivity contribution is 1.08. The first-order valence-corrected chi connectivity index (χ1v) is 13.3. The Labute approximate surface area is 231 Å². The van der Waals surface area contributed by atoms with Crippen LogP contribution in [-0.4, -0.2) is 19.9 Å². The number of nitrogens with zero attached hydrogens (tertiary/aromatic N) is 4. The molecular formula is C36H22N4. The van der Waals surface area contributed by atoms with Crippen molar-refractivity contribution in [1.82, 2.24) is 19.9 Å². The molecule has 0 aliphatic heterocycles. The molecule has 0 aliphatic rings. The Hall–Kier alpha value is -5.48. The number of pyridine rings is 1. The van der Waals surface area contributed by atoms with Gasteiger partial charge in [-0.05, 0) is 56.6 Å². The number of hydrogen-bond acceptors (Lipinski definition) is 4. The predicted octanol–water partition coefficient (Wildman–Crippen LogP) is 8.83. The van der Waals surface area contributed by atoms with E-state index in [-0.39, 0.29) is 0 Å². The third kappa shape index (κ3) is 3.69. The molecule has 0 spiro atoms. The third-order valence-corrected chi connectivity index (χ3v) is 7.52. The Kier molecular flexibility index (Phi) is 5.10. The van der Waals surface area contributed by atoms with E-state index < -0.39 is 0 Å². The van der Waals surface area contributed by atoms with Gasteiger partial charge in [0.2, 0.25) is 0 Å². The van der Waals surface area contributed by atoms with Gasteiger partial charge in [-0.2, -0.15) is 0 Å². The summed E-state index contributed by atoms with van der Waals surface area (Å²) in [5, 5.41) is 7.35. The molecule has 8 rings (SSSR count). The molecule has 8 aromatic rings. The second kappa shape index (κ2) is 9.07. The molecule has 0 unspecified atom stereocenters. The van der Waals surface area contributed by atoms with Crippen molar-refractivity contribution in [2.45, 2.75) is 0 Å². The molecule has 0 atom stereocenters. The van der Waals surface area contributed by atoms with Crippen LogP contribution in [0, 0.1) is 0 Å². The Morgan fingerprint density at radius 2 is 1.02 bits per heavy atom. The molecule has 2 aromatic heterocycles. The van der Waals surface area contributed by atoms with Crippen molar-refractivity contribution in [3.8, 4) is 45.4 Å². The van der Waals surface area contributed by atoms with Crippen LogP contribution < -0.4 is 0 Å². The van der Waals surface area contributed by atoms with Crippen LogP contribution in [0.2, 0.25) is 0 Å². The highest BCUT2D eigenvalue weighted by molar-refractivity contribution is 6.25. The summed E-state index contributed by atoms with van der Waals surface area (Å²) in [5.41, 5.74) is 4.79. The summed E-state index contributed by atoms with van der Waals surface area (Å²) in [5.74, 6) is 1.94. The van der Waals surface area contributed by atoms with E-state index in [4.69, 9.17) is 15.0 Å². The van der Waals surface area contributed by atoms with Crippen LogP contribution in [0.3, 0.4) is 0 Å². The molecule has 0 bridgehead atoms. The van der Waals surface area contributed by atoms with Crippen LogP contribution in [0.25, 0.3) is 77.7 Å². The van der Waals surface area contributed by atoms with E-state index in [9.17, 15) is 0 Å². The fraction of sp³-hybridized carbons (Fsp3) is 0. The molecule has 2 heterocycles. The predicted molar refractivity (Wildman–Crippen MR) is 163 cm³/mol. The lowest BCUT2D eigenvalue weighted by atomic mass is 9.92. The zero-order valence-electron chi connectivity index (χ0n) is 21.5. The fourth-order valence-corrected chi connectivity index (χ4v) is 5.62. The second-order valence-electron chi connectivity index (χ2n) is 9.94. The fourth-order valence-electron chi connectivity index (χ4n) is 5.62.